The lowest BCUT2D eigenvalue weighted by Gasteiger charge is -2.09. The van der Waals surface area contributed by atoms with Gasteiger partial charge in [-0.3, -0.25) is 0 Å². The molecule has 2 heteroatoms. The first-order valence-electron chi connectivity index (χ1n) is 4.04. The summed E-state index contributed by atoms with van der Waals surface area (Å²) in [4.78, 5) is 0. The molecule has 0 saturated carbocycles. The molecule has 0 radical (unpaired) electrons. The van der Waals surface area contributed by atoms with Crippen molar-refractivity contribution >= 4 is 12.4 Å². The molecule has 1 atom stereocenters. The lowest BCUT2D eigenvalue weighted by Crippen LogP contribution is -2.14. The first kappa shape index (κ1) is 11.5. The summed E-state index contributed by atoms with van der Waals surface area (Å²) >= 11 is 0. The zero-order chi connectivity index (χ0) is 8.10. The van der Waals surface area contributed by atoms with Gasteiger partial charge in [0, 0.05) is 6.54 Å². The van der Waals surface area contributed by atoms with Gasteiger partial charge < -0.3 is 5.32 Å². The van der Waals surface area contributed by atoms with Gasteiger partial charge in [0.2, 0.25) is 0 Å². The standard InChI is InChI=1S/C10H15N.ClH/c1-9(8-11-2)10-6-4-3-5-7-10;/h3-7,9,11H,8H2,1-2H3;1H. The summed E-state index contributed by atoms with van der Waals surface area (Å²) in [6.45, 7) is 3.27. The number of halogens is 1. The van der Waals surface area contributed by atoms with Crippen molar-refractivity contribution in [2.75, 3.05) is 13.6 Å². The maximum Gasteiger partial charge on any atom is 0.00144 e. The second kappa shape index (κ2) is 6.04. The van der Waals surface area contributed by atoms with Crippen molar-refractivity contribution in [2.24, 2.45) is 0 Å². The van der Waals surface area contributed by atoms with E-state index in [-0.39, 0.29) is 12.4 Å². The molecule has 0 amide bonds. The molecule has 12 heavy (non-hydrogen) atoms. The maximum atomic E-state index is 3.17. The Morgan fingerprint density at radius 3 is 2.33 bits per heavy atom. The van der Waals surface area contributed by atoms with Gasteiger partial charge in [0.25, 0.3) is 0 Å². The largest absolute Gasteiger partial charge is 0.319 e. The molecule has 1 nitrogen and oxygen atoms in total. The fraction of sp³-hybridized carbons (Fsp3) is 0.400. The molecule has 0 fully saturated rings. The van der Waals surface area contributed by atoms with Crippen LogP contribution in [0.15, 0.2) is 30.3 Å². The zero-order valence-corrected chi connectivity index (χ0v) is 8.40. The summed E-state index contributed by atoms with van der Waals surface area (Å²) < 4.78 is 0. The Labute approximate surface area is 80.6 Å². The predicted molar refractivity (Wildman–Crippen MR) is 56.0 cm³/mol. The molecular formula is C10H16ClN. The Kier molecular flexibility index (Phi) is 5.77. The first-order chi connectivity index (χ1) is 5.34. The van der Waals surface area contributed by atoms with E-state index in [1.165, 1.54) is 5.56 Å². The van der Waals surface area contributed by atoms with Gasteiger partial charge in [0.05, 0.1) is 0 Å². The molecule has 1 N–H and O–H groups in total. The number of nitrogens with one attached hydrogen (secondary N) is 1. The third kappa shape index (κ3) is 3.24. The van der Waals surface area contributed by atoms with Gasteiger partial charge in [-0.1, -0.05) is 37.3 Å². The highest BCUT2D eigenvalue weighted by molar-refractivity contribution is 5.85. The summed E-state index contributed by atoms with van der Waals surface area (Å²) in [5.41, 5.74) is 1.40. The van der Waals surface area contributed by atoms with E-state index in [0.29, 0.717) is 5.92 Å². The van der Waals surface area contributed by atoms with Gasteiger partial charge in [0.15, 0.2) is 0 Å². The Morgan fingerprint density at radius 1 is 1.25 bits per heavy atom. The van der Waals surface area contributed by atoms with E-state index in [9.17, 15) is 0 Å². The van der Waals surface area contributed by atoms with Gasteiger partial charge in [-0.2, -0.15) is 0 Å². The Hall–Kier alpha value is -0.530. The van der Waals surface area contributed by atoms with Gasteiger partial charge >= 0.3 is 0 Å². The van der Waals surface area contributed by atoms with E-state index in [1.807, 2.05) is 7.05 Å². The van der Waals surface area contributed by atoms with Crippen LogP contribution in [0, 0.1) is 0 Å². The number of benzene rings is 1. The summed E-state index contributed by atoms with van der Waals surface area (Å²) in [7, 11) is 1.99. The van der Waals surface area contributed by atoms with E-state index in [4.69, 9.17) is 0 Å². The summed E-state index contributed by atoms with van der Waals surface area (Å²) in [6, 6.07) is 10.6. The molecule has 0 spiro atoms. The molecule has 0 aliphatic carbocycles. The highest BCUT2D eigenvalue weighted by Gasteiger charge is 2.01. The fourth-order valence-electron chi connectivity index (χ4n) is 1.21. The van der Waals surface area contributed by atoms with Crippen molar-refractivity contribution in [3.05, 3.63) is 35.9 Å². The molecule has 0 bridgehead atoms. The van der Waals surface area contributed by atoms with E-state index in [0.717, 1.165) is 6.54 Å². The lowest BCUT2D eigenvalue weighted by molar-refractivity contribution is 0.678. The highest BCUT2D eigenvalue weighted by Crippen LogP contribution is 2.12. The first-order valence-corrected chi connectivity index (χ1v) is 4.04. The SMILES string of the molecule is CNCC(C)c1ccccc1.Cl. The van der Waals surface area contributed by atoms with Crippen molar-refractivity contribution in [3.63, 3.8) is 0 Å². The second-order valence-electron chi connectivity index (χ2n) is 2.87. The monoisotopic (exact) mass is 185 g/mol. The molecule has 68 valence electrons. The van der Waals surface area contributed by atoms with Crippen LogP contribution in [0.2, 0.25) is 0 Å². The molecule has 1 rings (SSSR count). The van der Waals surface area contributed by atoms with Crippen molar-refractivity contribution in [1.82, 2.24) is 5.32 Å². The van der Waals surface area contributed by atoms with Crippen molar-refractivity contribution in [1.29, 1.82) is 0 Å². The Balaban J connectivity index is 0.00000121. The van der Waals surface area contributed by atoms with E-state index < -0.39 is 0 Å². The van der Waals surface area contributed by atoms with Crippen LogP contribution in [0.3, 0.4) is 0 Å². The zero-order valence-electron chi connectivity index (χ0n) is 7.58. The van der Waals surface area contributed by atoms with Crippen LogP contribution in [-0.4, -0.2) is 13.6 Å². The van der Waals surface area contributed by atoms with Gasteiger partial charge in [-0.05, 0) is 18.5 Å². The molecule has 0 saturated heterocycles. The second-order valence-corrected chi connectivity index (χ2v) is 2.87. The molecular weight excluding hydrogens is 170 g/mol. The fourth-order valence-corrected chi connectivity index (χ4v) is 1.21. The molecule has 0 aromatic heterocycles. The number of hydrogen-bond acceptors (Lipinski definition) is 1. The van der Waals surface area contributed by atoms with Crippen LogP contribution in [0.5, 0.6) is 0 Å². The smallest absolute Gasteiger partial charge is 0.00144 e. The van der Waals surface area contributed by atoms with Crippen LogP contribution < -0.4 is 5.32 Å². The Morgan fingerprint density at radius 2 is 1.83 bits per heavy atom. The molecule has 1 aromatic rings. The van der Waals surface area contributed by atoms with Crippen LogP contribution in [0.1, 0.15) is 18.4 Å². The Bertz CT molecular complexity index is 198. The normalized spacial score (nSPS) is 11.8. The van der Waals surface area contributed by atoms with Gasteiger partial charge in [-0.25, -0.2) is 0 Å². The molecule has 0 aliphatic rings. The minimum atomic E-state index is 0. The molecule has 0 heterocycles. The summed E-state index contributed by atoms with van der Waals surface area (Å²) in [6.07, 6.45) is 0. The van der Waals surface area contributed by atoms with E-state index in [1.54, 1.807) is 0 Å². The predicted octanol–water partition coefficient (Wildman–Crippen LogP) is 2.43. The lowest BCUT2D eigenvalue weighted by atomic mass is 10.0. The third-order valence-corrected chi connectivity index (χ3v) is 1.88. The third-order valence-electron chi connectivity index (χ3n) is 1.88. The van der Waals surface area contributed by atoms with Gasteiger partial charge in [-0.15, -0.1) is 12.4 Å². The van der Waals surface area contributed by atoms with Crippen LogP contribution >= 0.6 is 12.4 Å². The van der Waals surface area contributed by atoms with Gasteiger partial charge in [0.1, 0.15) is 0 Å². The minimum absolute atomic E-state index is 0. The molecule has 1 unspecified atom stereocenters. The molecule has 0 aliphatic heterocycles. The highest BCUT2D eigenvalue weighted by atomic mass is 35.5. The van der Waals surface area contributed by atoms with Crippen molar-refractivity contribution in [3.8, 4) is 0 Å². The quantitative estimate of drug-likeness (QED) is 0.763. The maximum absolute atomic E-state index is 3.17. The average molecular weight is 186 g/mol. The van der Waals surface area contributed by atoms with Crippen LogP contribution in [-0.2, 0) is 0 Å². The number of rotatable bonds is 3. The number of likely N-dealkylation sites (N-methyl/N-ethyl adjacent to an activating group) is 1. The van der Waals surface area contributed by atoms with E-state index >= 15 is 0 Å². The average Bonchev–Trinajstić information content (AvgIpc) is 2.07. The van der Waals surface area contributed by atoms with Crippen LogP contribution in [0.25, 0.3) is 0 Å². The van der Waals surface area contributed by atoms with Crippen molar-refractivity contribution < 1.29 is 0 Å². The van der Waals surface area contributed by atoms with Crippen LogP contribution in [0.4, 0.5) is 0 Å². The van der Waals surface area contributed by atoms with Crippen molar-refractivity contribution in [2.45, 2.75) is 12.8 Å². The number of hydrogen-bond donors (Lipinski definition) is 1. The molecule has 1 aromatic carbocycles. The topological polar surface area (TPSA) is 12.0 Å². The minimum Gasteiger partial charge on any atom is -0.319 e. The van der Waals surface area contributed by atoms with E-state index in [2.05, 4.69) is 42.6 Å². The summed E-state index contributed by atoms with van der Waals surface area (Å²) in [5.74, 6) is 0.612. The summed E-state index contributed by atoms with van der Waals surface area (Å²) in [5, 5.41) is 3.17.